The first-order valence-electron chi connectivity index (χ1n) is 12.5. The summed E-state index contributed by atoms with van der Waals surface area (Å²) in [5.41, 5.74) is 0.234. The fraction of sp³-hybridized carbons (Fsp3) is 0.720. The number of thiophene rings is 1. The van der Waals surface area contributed by atoms with Gasteiger partial charge in [-0.2, -0.15) is 4.98 Å². The highest BCUT2D eigenvalue weighted by molar-refractivity contribution is 7.20. The topological polar surface area (TPSA) is 84.2 Å². The molecule has 0 aliphatic rings. The number of carbonyl (C=O) groups is 1. The standard InChI is InChI=1S/C25H41N3O3S/c1-5-8-11-12-13-14-17-26-25-28-23-20(24(30)31-25)18(4)21(32-23)22(29)27-19(15-9-6-2)16-10-7-3/h19H,5-17H2,1-4H3,(H,26,28)(H,27,29). The Labute approximate surface area is 196 Å². The smallest absolute Gasteiger partial charge is 0.349 e. The van der Waals surface area contributed by atoms with Crippen LogP contribution in [0, 0.1) is 6.92 Å². The Bertz CT molecular complexity index is 882. The summed E-state index contributed by atoms with van der Waals surface area (Å²) in [6.07, 6.45) is 13.6. The normalized spacial score (nSPS) is 11.4. The minimum atomic E-state index is -0.429. The molecule has 6 nitrogen and oxygen atoms in total. The number of aryl methyl sites for hydroxylation is 1. The van der Waals surface area contributed by atoms with Crippen molar-refractivity contribution >= 4 is 33.5 Å². The van der Waals surface area contributed by atoms with E-state index in [9.17, 15) is 9.59 Å². The van der Waals surface area contributed by atoms with Crippen molar-refractivity contribution in [2.45, 2.75) is 111 Å². The van der Waals surface area contributed by atoms with Crippen molar-refractivity contribution in [1.82, 2.24) is 10.3 Å². The number of rotatable bonds is 16. The van der Waals surface area contributed by atoms with E-state index in [4.69, 9.17) is 4.42 Å². The molecule has 2 aromatic rings. The van der Waals surface area contributed by atoms with Crippen LogP contribution >= 0.6 is 11.3 Å². The molecule has 0 aromatic carbocycles. The molecule has 0 atom stereocenters. The van der Waals surface area contributed by atoms with Crippen LogP contribution in [-0.2, 0) is 0 Å². The number of unbranched alkanes of at least 4 members (excludes halogenated alkanes) is 7. The molecule has 1 amide bonds. The lowest BCUT2D eigenvalue weighted by Crippen LogP contribution is -2.34. The van der Waals surface area contributed by atoms with E-state index < -0.39 is 5.63 Å². The molecule has 0 unspecified atom stereocenters. The van der Waals surface area contributed by atoms with Crippen LogP contribution in [0.4, 0.5) is 6.01 Å². The van der Waals surface area contributed by atoms with Crippen molar-refractivity contribution < 1.29 is 9.21 Å². The van der Waals surface area contributed by atoms with Gasteiger partial charge in [0.05, 0.1) is 4.88 Å². The zero-order valence-electron chi connectivity index (χ0n) is 20.3. The average Bonchev–Trinajstić information content (AvgIpc) is 3.11. The summed E-state index contributed by atoms with van der Waals surface area (Å²) in [5, 5.41) is 6.75. The summed E-state index contributed by atoms with van der Waals surface area (Å²) in [6, 6.07) is 0.416. The molecular formula is C25H41N3O3S. The first kappa shape index (κ1) is 26.4. The van der Waals surface area contributed by atoms with Crippen LogP contribution in [0.1, 0.15) is 113 Å². The molecule has 0 saturated carbocycles. The molecule has 0 fully saturated rings. The summed E-state index contributed by atoms with van der Waals surface area (Å²) >= 11 is 1.28. The lowest BCUT2D eigenvalue weighted by molar-refractivity contribution is 0.0935. The van der Waals surface area contributed by atoms with Crippen molar-refractivity contribution in [2.75, 3.05) is 11.9 Å². The molecule has 0 saturated heterocycles. The van der Waals surface area contributed by atoms with Gasteiger partial charge in [-0.25, -0.2) is 4.79 Å². The van der Waals surface area contributed by atoms with Crippen molar-refractivity contribution in [3.8, 4) is 0 Å². The highest BCUT2D eigenvalue weighted by Gasteiger charge is 2.22. The molecule has 180 valence electrons. The number of aromatic nitrogens is 1. The SMILES string of the molecule is CCCCCCCCNc1nc2sc(C(=O)NC(CCCC)CCCC)c(C)c2c(=O)o1. The van der Waals surface area contributed by atoms with E-state index in [1.165, 1.54) is 37.0 Å². The van der Waals surface area contributed by atoms with E-state index in [1.54, 1.807) is 0 Å². The first-order chi connectivity index (χ1) is 15.5. The highest BCUT2D eigenvalue weighted by Crippen LogP contribution is 2.28. The van der Waals surface area contributed by atoms with Crippen LogP contribution in [0.3, 0.4) is 0 Å². The Balaban J connectivity index is 2.05. The van der Waals surface area contributed by atoms with Gasteiger partial charge >= 0.3 is 5.63 Å². The third-order valence-electron chi connectivity index (χ3n) is 5.89. The summed E-state index contributed by atoms with van der Waals surface area (Å²) < 4.78 is 5.39. The fourth-order valence-corrected chi connectivity index (χ4v) is 4.97. The number of carbonyl (C=O) groups excluding carboxylic acids is 1. The van der Waals surface area contributed by atoms with E-state index in [0.717, 1.165) is 57.9 Å². The van der Waals surface area contributed by atoms with Crippen molar-refractivity contribution in [3.63, 3.8) is 0 Å². The van der Waals surface area contributed by atoms with Gasteiger partial charge < -0.3 is 15.1 Å². The molecule has 2 rings (SSSR count). The lowest BCUT2D eigenvalue weighted by Gasteiger charge is -2.18. The second kappa shape index (κ2) is 14.3. The fourth-order valence-electron chi connectivity index (χ4n) is 3.90. The van der Waals surface area contributed by atoms with E-state index in [1.807, 2.05) is 6.92 Å². The average molecular weight is 464 g/mol. The number of nitrogens with zero attached hydrogens (tertiary/aromatic N) is 1. The maximum Gasteiger partial charge on any atom is 0.349 e. The molecule has 2 aromatic heterocycles. The van der Waals surface area contributed by atoms with Crippen molar-refractivity contribution in [2.24, 2.45) is 0 Å². The monoisotopic (exact) mass is 463 g/mol. The quantitative estimate of drug-likeness (QED) is 0.267. The van der Waals surface area contributed by atoms with Gasteiger partial charge in [-0.1, -0.05) is 78.6 Å². The van der Waals surface area contributed by atoms with Crippen LogP contribution in [0.25, 0.3) is 10.2 Å². The van der Waals surface area contributed by atoms with Gasteiger partial charge in [0.2, 0.25) is 0 Å². The second-order valence-electron chi connectivity index (χ2n) is 8.69. The molecule has 0 bridgehead atoms. The van der Waals surface area contributed by atoms with Crippen LogP contribution in [0.15, 0.2) is 9.21 Å². The molecule has 0 radical (unpaired) electrons. The predicted octanol–water partition coefficient (Wildman–Crippen LogP) is 6.81. The summed E-state index contributed by atoms with van der Waals surface area (Å²) in [5.74, 6) is -0.108. The van der Waals surface area contributed by atoms with Crippen LogP contribution in [0.2, 0.25) is 0 Å². The molecule has 7 heteroatoms. The number of hydrogen-bond donors (Lipinski definition) is 2. The second-order valence-corrected chi connectivity index (χ2v) is 9.69. The zero-order chi connectivity index (χ0) is 23.3. The van der Waals surface area contributed by atoms with Crippen molar-refractivity contribution in [1.29, 1.82) is 0 Å². The largest absolute Gasteiger partial charge is 0.389 e. The third kappa shape index (κ3) is 7.91. The molecule has 32 heavy (non-hydrogen) atoms. The number of hydrogen-bond acceptors (Lipinski definition) is 6. The molecule has 0 spiro atoms. The molecular weight excluding hydrogens is 422 g/mol. The maximum atomic E-state index is 13.0. The van der Waals surface area contributed by atoms with E-state index in [-0.39, 0.29) is 18.0 Å². The van der Waals surface area contributed by atoms with E-state index in [0.29, 0.717) is 20.7 Å². The first-order valence-corrected chi connectivity index (χ1v) is 13.3. The van der Waals surface area contributed by atoms with Gasteiger partial charge in [0.15, 0.2) is 0 Å². The highest BCUT2D eigenvalue weighted by atomic mass is 32.1. The van der Waals surface area contributed by atoms with Gasteiger partial charge in [0.1, 0.15) is 10.2 Å². The number of anilines is 1. The summed E-state index contributed by atoms with van der Waals surface area (Å²) in [4.78, 5) is 31.2. The summed E-state index contributed by atoms with van der Waals surface area (Å²) in [6.45, 7) is 9.07. The Hall–Kier alpha value is -1.89. The van der Waals surface area contributed by atoms with Gasteiger partial charge in [0, 0.05) is 12.6 Å². The van der Waals surface area contributed by atoms with Crippen molar-refractivity contribution in [3.05, 3.63) is 20.9 Å². The number of fused-ring (bicyclic) bond motifs is 1. The molecule has 2 N–H and O–H groups in total. The summed E-state index contributed by atoms with van der Waals surface area (Å²) in [7, 11) is 0. The molecule has 0 aliphatic carbocycles. The number of nitrogens with one attached hydrogen (secondary N) is 2. The molecule has 0 aliphatic heterocycles. The zero-order valence-corrected chi connectivity index (χ0v) is 21.2. The lowest BCUT2D eigenvalue weighted by atomic mass is 10.0. The minimum absolute atomic E-state index is 0.108. The molecule has 2 heterocycles. The van der Waals surface area contributed by atoms with Gasteiger partial charge in [-0.3, -0.25) is 4.79 Å². The van der Waals surface area contributed by atoms with E-state index in [2.05, 4.69) is 36.4 Å². The van der Waals surface area contributed by atoms with Gasteiger partial charge in [-0.05, 0) is 31.7 Å². The van der Waals surface area contributed by atoms with Gasteiger partial charge in [0.25, 0.3) is 11.9 Å². The third-order valence-corrected chi connectivity index (χ3v) is 7.07. The minimum Gasteiger partial charge on any atom is -0.389 e. The van der Waals surface area contributed by atoms with Crippen LogP contribution in [-0.4, -0.2) is 23.5 Å². The Morgan fingerprint density at radius 1 is 0.969 bits per heavy atom. The van der Waals surface area contributed by atoms with E-state index >= 15 is 0 Å². The van der Waals surface area contributed by atoms with Crippen LogP contribution in [0.5, 0.6) is 0 Å². The van der Waals surface area contributed by atoms with Crippen LogP contribution < -0.4 is 16.3 Å². The Kier molecular flexibility index (Phi) is 11.8. The Morgan fingerprint density at radius 2 is 1.59 bits per heavy atom. The maximum absolute atomic E-state index is 13.0. The number of amides is 1. The Morgan fingerprint density at radius 3 is 2.25 bits per heavy atom. The van der Waals surface area contributed by atoms with Gasteiger partial charge in [-0.15, -0.1) is 11.3 Å². The predicted molar refractivity (Wildman–Crippen MR) is 135 cm³/mol.